The van der Waals surface area contributed by atoms with E-state index < -0.39 is 10.0 Å². The molecule has 1 aliphatic heterocycles. The molecule has 2 atom stereocenters. The second-order valence-electron chi connectivity index (χ2n) is 8.47. The van der Waals surface area contributed by atoms with Crippen LogP contribution >= 0.6 is 0 Å². The van der Waals surface area contributed by atoms with Crippen LogP contribution in [0.25, 0.3) is 0 Å². The minimum absolute atomic E-state index is 0.00278. The Hall–Kier alpha value is -2.58. The molecule has 1 aliphatic rings. The van der Waals surface area contributed by atoms with Crippen molar-refractivity contribution in [3.8, 4) is 5.75 Å². The van der Waals surface area contributed by atoms with Gasteiger partial charge in [0.25, 0.3) is 15.9 Å². The molecule has 7 nitrogen and oxygen atoms in total. The number of benzene rings is 2. The largest absolute Gasteiger partial charge is 0.494 e. The Bertz CT molecular complexity index is 1010. The van der Waals surface area contributed by atoms with Gasteiger partial charge in [0.15, 0.2) is 0 Å². The molecule has 32 heavy (non-hydrogen) atoms. The third-order valence-corrected chi connectivity index (χ3v) is 6.87. The number of carbonyl (C=O) groups excluding carboxylic acids is 1. The topological polar surface area (TPSA) is 87.7 Å². The Morgan fingerprint density at radius 3 is 2.66 bits per heavy atom. The SMILES string of the molecule is CCOc1ccc(S(=O)(=O)Nc2cccc(C(=O)NC(C)CN3CCCC(C)C3)c2)cc1. The minimum Gasteiger partial charge on any atom is -0.494 e. The van der Waals surface area contributed by atoms with Gasteiger partial charge in [0.05, 0.1) is 11.5 Å². The molecule has 8 heteroatoms. The van der Waals surface area contributed by atoms with Gasteiger partial charge < -0.3 is 15.0 Å². The maximum absolute atomic E-state index is 12.7. The monoisotopic (exact) mass is 459 g/mol. The first kappa shape index (κ1) is 24.1. The van der Waals surface area contributed by atoms with Gasteiger partial charge in [-0.3, -0.25) is 9.52 Å². The highest BCUT2D eigenvalue weighted by atomic mass is 32.2. The van der Waals surface area contributed by atoms with Crippen molar-refractivity contribution in [2.75, 3.05) is 31.0 Å². The predicted octanol–water partition coefficient (Wildman–Crippen LogP) is 3.74. The highest BCUT2D eigenvalue weighted by molar-refractivity contribution is 7.92. The molecule has 0 aliphatic carbocycles. The van der Waals surface area contributed by atoms with E-state index in [0.29, 0.717) is 29.5 Å². The van der Waals surface area contributed by atoms with Gasteiger partial charge in [-0.1, -0.05) is 13.0 Å². The van der Waals surface area contributed by atoms with E-state index >= 15 is 0 Å². The van der Waals surface area contributed by atoms with Crippen molar-refractivity contribution in [3.63, 3.8) is 0 Å². The van der Waals surface area contributed by atoms with E-state index in [1.807, 2.05) is 13.8 Å². The fourth-order valence-electron chi connectivity index (χ4n) is 4.01. The zero-order valence-electron chi connectivity index (χ0n) is 19.0. The molecule has 2 aromatic carbocycles. The average Bonchev–Trinajstić information content (AvgIpc) is 2.74. The summed E-state index contributed by atoms with van der Waals surface area (Å²) >= 11 is 0. The van der Waals surface area contributed by atoms with Crippen molar-refractivity contribution in [2.24, 2.45) is 5.92 Å². The summed E-state index contributed by atoms with van der Waals surface area (Å²) in [6, 6.07) is 12.7. The summed E-state index contributed by atoms with van der Waals surface area (Å²) in [5.74, 6) is 1.08. The first-order valence-electron chi connectivity index (χ1n) is 11.2. The molecule has 2 N–H and O–H groups in total. The molecule has 1 heterocycles. The third kappa shape index (κ3) is 6.71. The Morgan fingerprint density at radius 1 is 1.22 bits per heavy atom. The Balaban J connectivity index is 1.62. The fraction of sp³-hybridized carbons (Fsp3) is 0.458. The van der Waals surface area contributed by atoms with E-state index in [4.69, 9.17) is 4.74 Å². The lowest BCUT2D eigenvalue weighted by atomic mass is 10.00. The molecule has 0 saturated carbocycles. The number of anilines is 1. The number of nitrogens with one attached hydrogen (secondary N) is 2. The van der Waals surface area contributed by atoms with Crippen molar-refractivity contribution in [3.05, 3.63) is 54.1 Å². The number of carbonyl (C=O) groups is 1. The zero-order valence-corrected chi connectivity index (χ0v) is 19.8. The van der Waals surface area contributed by atoms with Crippen molar-refractivity contribution in [1.82, 2.24) is 10.2 Å². The summed E-state index contributed by atoms with van der Waals surface area (Å²) < 4.78 is 33.3. The summed E-state index contributed by atoms with van der Waals surface area (Å²) in [7, 11) is -3.78. The van der Waals surface area contributed by atoms with Gasteiger partial charge in [0.2, 0.25) is 0 Å². The van der Waals surface area contributed by atoms with Crippen LogP contribution in [-0.4, -0.2) is 51.5 Å². The van der Waals surface area contributed by atoms with Crippen LogP contribution in [0.2, 0.25) is 0 Å². The second kappa shape index (κ2) is 10.8. The molecular weight excluding hydrogens is 426 g/mol. The molecule has 0 aromatic heterocycles. The van der Waals surface area contributed by atoms with Gasteiger partial charge in [0, 0.05) is 30.4 Å². The molecule has 0 bridgehead atoms. The van der Waals surface area contributed by atoms with Crippen LogP contribution in [0.5, 0.6) is 5.75 Å². The van der Waals surface area contributed by atoms with Crippen molar-refractivity contribution < 1.29 is 17.9 Å². The maximum atomic E-state index is 12.7. The summed E-state index contributed by atoms with van der Waals surface area (Å²) in [6.45, 7) is 9.56. The van der Waals surface area contributed by atoms with Gasteiger partial charge >= 0.3 is 0 Å². The summed E-state index contributed by atoms with van der Waals surface area (Å²) in [4.78, 5) is 15.2. The molecule has 0 radical (unpaired) electrons. The minimum atomic E-state index is -3.78. The van der Waals surface area contributed by atoms with Crippen LogP contribution in [-0.2, 0) is 10.0 Å². The fourth-order valence-corrected chi connectivity index (χ4v) is 5.06. The Labute approximate surface area is 191 Å². The molecule has 174 valence electrons. The maximum Gasteiger partial charge on any atom is 0.261 e. The van der Waals surface area contributed by atoms with E-state index in [0.717, 1.165) is 19.6 Å². The summed E-state index contributed by atoms with van der Waals surface area (Å²) in [5.41, 5.74) is 0.750. The van der Waals surface area contributed by atoms with Crippen LogP contribution in [0.15, 0.2) is 53.4 Å². The molecule has 2 unspecified atom stereocenters. The lowest BCUT2D eigenvalue weighted by Crippen LogP contribution is -2.45. The molecule has 0 spiro atoms. The predicted molar refractivity (Wildman–Crippen MR) is 127 cm³/mol. The van der Waals surface area contributed by atoms with Gasteiger partial charge in [0.1, 0.15) is 5.75 Å². The summed E-state index contributed by atoms with van der Waals surface area (Å²) in [5, 5.41) is 3.03. The first-order chi connectivity index (χ1) is 15.3. The molecule has 2 aromatic rings. The molecular formula is C24H33N3O4S. The number of sulfonamides is 1. The second-order valence-corrected chi connectivity index (χ2v) is 10.2. The van der Waals surface area contributed by atoms with E-state index in [2.05, 4.69) is 21.9 Å². The van der Waals surface area contributed by atoms with Crippen LogP contribution in [0.4, 0.5) is 5.69 Å². The highest BCUT2D eigenvalue weighted by Gasteiger charge is 2.20. The number of hydrogen-bond donors (Lipinski definition) is 2. The number of amides is 1. The number of likely N-dealkylation sites (tertiary alicyclic amines) is 1. The number of hydrogen-bond acceptors (Lipinski definition) is 5. The Morgan fingerprint density at radius 2 is 1.97 bits per heavy atom. The quantitative estimate of drug-likeness (QED) is 0.597. The van der Waals surface area contributed by atoms with Crippen LogP contribution in [0.1, 0.15) is 44.0 Å². The number of ether oxygens (including phenoxy) is 1. The van der Waals surface area contributed by atoms with E-state index in [1.165, 1.54) is 25.0 Å². The number of nitrogens with zero attached hydrogens (tertiary/aromatic N) is 1. The Kier molecular flexibility index (Phi) is 8.15. The van der Waals surface area contributed by atoms with E-state index in [-0.39, 0.29) is 16.8 Å². The van der Waals surface area contributed by atoms with Crippen molar-refractivity contribution in [2.45, 2.75) is 44.6 Å². The summed E-state index contributed by atoms with van der Waals surface area (Å²) in [6.07, 6.45) is 2.45. The zero-order chi connectivity index (χ0) is 23.1. The first-order valence-corrected chi connectivity index (χ1v) is 12.6. The smallest absolute Gasteiger partial charge is 0.261 e. The lowest BCUT2D eigenvalue weighted by Gasteiger charge is -2.32. The van der Waals surface area contributed by atoms with E-state index in [9.17, 15) is 13.2 Å². The average molecular weight is 460 g/mol. The van der Waals surface area contributed by atoms with Crippen LogP contribution in [0, 0.1) is 5.92 Å². The number of piperidine rings is 1. The van der Waals surface area contributed by atoms with Crippen LogP contribution in [0.3, 0.4) is 0 Å². The third-order valence-electron chi connectivity index (χ3n) is 5.47. The van der Waals surface area contributed by atoms with Crippen molar-refractivity contribution >= 4 is 21.6 Å². The highest BCUT2D eigenvalue weighted by Crippen LogP contribution is 2.20. The van der Waals surface area contributed by atoms with Gasteiger partial charge in [-0.05, 0) is 81.6 Å². The van der Waals surface area contributed by atoms with Crippen LogP contribution < -0.4 is 14.8 Å². The number of rotatable bonds is 9. The molecule has 1 fully saturated rings. The van der Waals surface area contributed by atoms with Crippen molar-refractivity contribution in [1.29, 1.82) is 0 Å². The molecule has 1 saturated heterocycles. The van der Waals surface area contributed by atoms with Gasteiger partial charge in [-0.25, -0.2) is 8.42 Å². The van der Waals surface area contributed by atoms with E-state index in [1.54, 1.807) is 36.4 Å². The van der Waals surface area contributed by atoms with Gasteiger partial charge in [-0.15, -0.1) is 0 Å². The normalized spacial score (nSPS) is 18.0. The lowest BCUT2D eigenvalue weighted by molar-refractivity contribution is 0.0920. The molecule has 3 rings (SSSR count). The standard InChI is InChI=1S/C24H33N3O4S/c1-4-31-22-10-12-23(13-11-22)32(29,30)26-21-9-5-8-20(15-21)24(28)25-19(3)17-27-14-6-7-18(2)16-27/h5,8-13,15,18-19,26H,4,6-7,14,16-17H2,1-3H3,(H,25,28). The molecule has 1 amide bonds. The van der Waals surface area contributed by atoms with Gasteiger partial charge in [-0.2, -0.15) is 0 Å².